The van der Waals surface area contributed by atoms with Gasteiger partial charge in [0.15, 0.2) is 0 Å². The molecule has 0 aromatic carbocycles. The molecule has 17 heavy (non-hydrogen) atoms. The molecule has 1 spiro atoms. The van der Waals surface area contributed by atoms with Crippen molar-refractivity contribution in [2.45, 2.75) is 63.4 Å². The van der Waals surface area contributed by atoms with E-state index in [-0.39, 0.29) is 18.8 Å². The van der Waals surface area contributed by atoms with Gasteiger partial charge >= 0.3 is 5.97 Å². The van der Waals surface area contributed by atoms with Crippen LogP contribution in [0.4, 0.5) is 0 Å². The molecule has 1 saturated carbocycles. The van der Waals surface area contributed by atoms with E-state index in [9.17, 15) is 20.1 Å². The van der Waals surface area contributed by atoms with Crippen molar-refractivity contribution < 1.29 is 24.9 Å². The number of rotatable bonds is 1. The highest BCUT2D eigenvalue weighted by atomic mass is 16.6. The summed E-state index contributed by atoms with van der Waals surface area (Å²) in [4.78, 5) is 11.8. The van der Waals surface area contributed by atoms with Crippen LogP contribution in [0.25, 0.3) is 0 Å². The van der Waals surface area contributed by atoms with Crippen molar-refractivity contribution in [2.24, 2.45) is 5.41 Å². The average Bonchev–Trinajstić information content (AvgIpc) is 2.48. The van der Waals surface area contributed by atoms with Gasteiger partial charge in [-0.05, 0) is 13.3 Å². The lowest BCUT2D eigenvalue weighted by molar-refractivity contribution is -0.175. The summed E-state index contributed by atoms with van der Waals surface area (Å²) in [6.07, 6.45) is -1.65. The summed E-state index contributed by atoms with van der Waals surface area (Å²) in [5.41, 5.74) is -1.35. The molecule has 2 fully saturated rings. The maximum Gasteiger partial charge on any atom is 0.312 e. The van der Waals surface area contributed by atoms with Crippen LogP contribution in [0.5, 0.6) is 0 Å². The molecule has 0 amide bonds. The van der Waals surface area contributed by atoms with Crippen molar-refractivity contribution in [1.29, 1.82) is 0 Å². The Hall–Kier alpha value is -0.650. The van der Waals surface area contributed by atoms with Gasteiger partial charge in [0.25, 0.3) is 0 Å². The van der Waals surface area contributed by atoms with Crippen molar-refractivity contribution in [2.75, 3.05) is 0 Å². The van der Waals surface area contributed by atoms with Gasteiger partial charge in [0.05, 0.1) is 17.6 Å². The van der Waals surface area contributed by atoms with Crippen LogP contribution in [0, 0.1) is 5.41 Å². The van der Waals surface area contributed by atoms with Gasteiger partial charge in [-0.15, -0.1) is 0 Å². The first kappa shape index (κ1) is 12.8. The van der Waals surface area contributed by atoms with Gasteiger partial charge in [-0.25, -0.2) is 0 Å². The van der Waals surface area contributed by atoms with E-state index in [0.29, 0.717) is 12.8 Å². The van der Waals surface area contributed by atoms with Crippen molar-refractivity contribution in [3.05, 3.63) is 0 Å². The summed E-state index contributed by atoms with van der Waals surface area (Å²) in [5, 5.41) is 28.9. The number of carbonyl (C=O) groups is 1. The molecule has 2 aliphatic rings. The quantitative estimate of drug-likeness (QED) is 0.564. The molecular formula is C12H20O5. The number of aliphatic hydroxyl groups excluding tert-OH is 3. The second kappa shape index (κ2) is 3.93. The summed E-state index contributed by atoms with van der Waals surface area (Å²) in [5.74, 6) is -0.268. The largest absolute Gasteiger partial charge is 0.458 e. The van der Waals surface area contributed by atoms with E-state index in [1.807, 2.05) is 13.8 Å². The summed E-state index contributed by atoms with van der Waals surface area (Å²) in [6, 6.07) is 0. The van der Waals surface area contributed by atoms with Crippen LogP contribution in [0.15, 0.2) is 0 Å². The molecule has 0 radical (unpaired) electrons. The van der Waals surface area contributed by atoms with Crippen LogP contribution >= 0.6 is 0 Å². The van der Waals surface area contributed by atoms with Crippen molar-refractivity contribution in [3.8, 4) is 0 Å². The van der Waals surface area contributed by atoms with Gasteiger partial charge < -0.3 is 20.1 Å². The molecule has 1 aliphatic heterocycles. The molecule has 0 aromatic rings. The van der Waals surface area contributed by atoms with Crippen LogP contribution in [0.1, 0.15) is 39.5 Å². The lowest BCUT2D eigenvalue weighted by atomic mass is 9.72. The van der Waals surface area contributed by atoms with Crippen molar-refractivity contribution in [3.63, 3.8) is 0 Å². The van der Waals surface area contributed by atoms with Crippen LogP contribution in [-0.2, 0) is 9.53 Å². The number of ether oxygens (including phenoxy) is 1. The Morgan fingerprint density at radius 2 is 1.82 bits per heavy atom. The molecule has 3 atom stereocenters. The Balaban J connectivity index is 2.20. The Morgan fingerprint density at radius 3 is 2.24 bits per heavy atom. The second-order valence-electron chi connectivity index (χ2n) is 5.70. The number of hydrogen-bond acceptors (Lipinski definition) is 5. The zero-order chi connectivity index (χ0) is 12.8. The topological polar surface area (TPSA) is 87.0 Å². The van der Waals surface area contributed by atoms with E-state index in [1.54, 1.807) is 0 Å². The van der Waals surface area contributed by atoms with Gasteiger partial charge in [0, 0.05) is 19.3 Å². The zero-order valence-corrected chi connectivity index (χ0v) is 10.2. The lowest BCUT2D eigenvalue weighted by Crippen LogP contribution is -2.52. The number of aliphatic hydroxyl groups is 3. The monoisotopic (exact) mass is 244 g/mol. The molecule has 98 valence electrons. The highest BCUT2D eigenvalue weighted by Crippen LogP contribution is 2.49. The van der Waals surface area contributed by atoms with Gasteiger partial charge in [-0.3, -0.25) is 4.79 Å². The first-order chi connectivity index (χ1) is 7.82. The second-order valence-corrected chi connectivity index (χ2v) is 5.70. The highest BCUT2D eigenvalue weighted by molar-refractivity contribution is 5.79. The van der Waals surface area contributed by atoms with Crippen molar-refractivity contribution in [1.82, 2.24) is 0 Å². The molecule has 5 heteroatoms. The third-order valence-corrected chi connectivity index (χ3v) is 4.25. The first-order valence-electron chi connectivity index (χ1n) is 6.10. The van der Waals surface area contributed by atoms with E-state index < -0.39 is 29.3 Å². The lowest BCUT2D eigenvalue weighted by Gasteiger charge is -2.40. The fourth-order valence-corrected chi connectivity index (χ4v) is 2.98. The van der Waals surface area contributed by atoms with Gasteiger partial charge in [0.2, 0.25) is 0 Å². The van der Waals surface area contributed by atoms with Crippen LogP contribution < -0.4 is 0 Å². The Kier molecular flexibility index (Phi) is 2.96. The Bertz CT molecular complexity index is 317. The summed E-state index contributed by atoms with van der Waals surface area (Å²) in [7, 11) is 0. The van der Waals surface area contributed by atoms with Gasteiger partial charge in [-0.1, -0.05) is 6.92 Å². The molecule has 3 N–H and O–H groups in total. The normalized spacial score (nSPS) is 50.6. The fourth-order valence-electron chi connectivity index (χ4n) is 2.98. The molecule has 3 unspecified atom stereocenters. The van der Waals surface area contributed by atoms with Crippen LogP contribution in [-0.4, -0.2) is 45.2 Å². The molecule has 1 heterocycles. The number of esters is 1. The van der Waals surface area contributed by atoms with E-state index in [0.717, 1.165) is 0 Å². The van der Waals surface area contributed by atoms with Crippen molar-refractivity contribution >= 4 is 5.97 Å². The predicted molar refractivity (Wildman–Crippen MR) is 59.1 cm³/mol. The zero-order valence-electron chi connectivity index (χ0n) is 10.2. The minimum Gasteiger partial charge on any atom is -0.458 e. The van der Waals surface area contributed by atoms with Crippen LogP contribution in [0.3, 0.4) is 0 Å². The molecule has 0 aromatic heterocycles. The molecule has 1 saturated heterocycles. The van der Waals surface area contributed by atoms with E-state index >= 15 is 0 Å². The van der Waals surface area contributed by atoms with E-state index in [1.165, 1.54) is 0 Å². The molecule has 1 aliphatic carbocycles. The maximum absolute atomic E-state index is 11.8. The summed E-state index contributed by atoms with van der Waals surface area (Å²) < 4.78 is 5.42. The smallest absolute Gasteiger partial charge is 0.312 e. The average molecular weight is 244 g/mol. The summed E-state index contributed by atoms with van der Waals surface area (Å²) >= 11 is 0. The fraction of sp³-hybridized carbons (Fsp3) is 0.917. The molecule has 2 rings (SSSR count). The van der Waals surface area contributed by atoms with Gasteiger partial charge in [0.1, 0.15) is 11.7 Å². The Morgan fingerprint density at radius 1 is 1.29 bits per heavy atom. The van der Waals surface area contributed by atoms with E-state index in [2.05, 4.69) is 0 Å². The SMILES string of the molecule is CCC1(C)CC2(CC(O)C(O)C(O)C2)OC1=O. The number of carbonyl (C=O) groups excluding carboxylic acids is 1. The minimum atomic E-state index is -1.15. The first-order valence-corrected chi connectivity index (χ1v) is 6.10. The maximum atomic E-state index is 11.8. The molecule has 5 nitrogen and oxygen atoms in total. The van der Waals surface area contributed by atoms with Crippen LogP contribution in [0.2, 0.25) is 0 Å². The highest BCUT2D eigenvalue weighted by Gasteiger charge is 2.57. The Labute approximate surface area is 100 Å². The van der Waals surface area contributed by atoms with E-state index in [4.69, 9.17) is 4.74 Å². The standard InChI is InChI=1S/C12H20O5/c1-3-11(2)6-12(17-10(11)16)4-7(13)9(15)8(14)5-12/h7-9,13-15H,3-6H2,1-2H3. The summed E-state index contributed by atoms with van der Waals surface area (Å²) in [6.45, 7) is 3.76. The number of hydrogen-bond donors (Lipinski definition) is 3. The third kappa shape index (κ3) is 1.96. The molecule has 0 bridgehead atoms. The van der Waals surface area contributed by atoms with Gasteiger partial charge in [-0.2, -0.15) is 0 Å². The predicted octanol–water partition coefficient (Wildman–Crippen LogP) is -0.0351. The molecular weight excluding hydrogens is 224 g/mol. The minimum absolute atomic E-state index is 0.201. The third-order valence-electron chi connectivity index (χ3n) is 4.25.